The zero-order valence-electron chi connectivity index (χ0n) is 16.0. The highest BCUT2D eigenvalue weighted by Crippen LogP contribution is 2.35. The predicted molar refractivity (Wildman–Crippen MR) is 114 cm³/mol. The fourth-order valence-corrected chi connectivity index (χ4v) is 3.02. The van der Waals surface area contributed by atoms with Gasteiger partial charge in [-0.2, -0.15) is 0 Å². The molecule has 29 heavy (non-hydrogen) atoms. The average Bonchev–Trinajstić information content (AvgIpc) is 2.73. The Balaban J connectivity index is 1.83. The van der Waals surface area contributed by atoms with Gasteiger partial charge in [0, 0.05) is 23.6 Å². The summed E-state index contributed by atoms with van der Waals surface area (Å²) in [4.78, 5) is 8.61. The molecule has 1 N–H and O–H groups in total. The zero-order valence-corrected chi connectivity index (χ0v) is 16.8. The number of fused-ring (bicyclic) bond motifs is 1. The lowest BCUT2D eigenvalue weighted by Crippen LogP contribution is -2.01. The third kappa shape index (κ3) is 5.27. The van der Waals surface area contributed by atoms with E-state index in [-0.39, 0.29) is 5.02 Å². The molecule has 0 aliphatic heterocycles. The molecule has 5 nitrogen and oxygen atoms in total. The highest BCUT2D eigenvalue weighted by atomic mass is 35.5. The Kier molecular flexibility index (Phi) is 7.09. The van der Waals surface area contributed by atoms with Crippen molar-refractivity contribution in [3.63, 3.8) is 0 Å². The summed E-state index contributed by atoms with van der Waals surface area (Å²) < 4.78 is 24.8. The molecule has 3 rings (SSSR count). The molecule has 3 aromatic rings. The van der Waals surface area contributed by atoms with Crippen LogP contribution in [-0.4, -0.2) is 23.7 Å². The molecule has 0 fully saturated rings. The SMILES string of the molecule is C#CCCCCCOc1cc2c(Nc3ccc(F)c(Cl)c3)ncnc2cc1OC. The second-order valence-electron chi connectivity index (χ2n) is 6.36. The summed E-state index contributed by atoms with van der Waals surface area (Å²) in [6.45, 7) is 0.552. The van der Waals surface area contributed by atoms with Gasteiger partial charge in [-0.05, 0) is 43.5 Å². The Morgan fingerprint density at radius 3 is 2.76 bits per heavy atom. The number of terminal acetylenes is 1. The molecule has 2 aromatic carbocycles. The van der Waals surface area contributed by atoms with Gasteiger partial charge in [-0.25, -0.2) is 14.4 Å². The van der Waals surface area contributed by atoms with Crippen molar-refractivity contribution in [1.82, 2.24) is 9.97 Å². The Morgan fingerprint density at radius 1 is 1.14 bits per heavy atom. The Labute approximate surface area is 174 Å². The van der Waals surface area contributed by atoms with E-state index in [1.54, 1.807) is 19.2 Å². The molecule has 0 spiro atoms. The molecule has 0 radical (unpaired) electrons. The van der Waals surface area contributed by atoms with Crippen LogP contribution >= 0.6 is 11.6 Å². The summed E-state index contributed by atoms with van der Waals surface area (Å²) >= 11 is 5.87. The van der Waals surface area contributed by atoms with Gasteiger partial charge in [0.1, 0.15) is 18.0 Å². The molecule has 0 saturated carbocycles. The largest absolute Gasteiger partial charge is 0.493 e. The highest BCUT2D eigenvalue weighted by Gasteiger charge is 2.12. The summed E-state index contributed by atoms with van der Waals surface area (Å²) in [5, 5.41) is 3.93. The number of hydrogen-bond donors (Lipinski definition) is 1. The van der Waals surface area contributed by atoms with Crippen LogP contribution in [0.3, 0.4) is 0 Å². The lowest BCUT2D eigenvalue weighted by molar-refractivity contribution is 0.286. The number of benzene rings is 2. The van der Waals surface area contributed by atoms with E-state index in [0.29, 0.717) is 35.1 Å². The molecule has 0 saturated heterocycles. The molecule has 150 valence electrons. The monoisotopic (exact) mass is 413 g/mol. The van der Waals surface area contributed by atoms with Gasteiger partial charge in [0.15, 0.2) is 11.5 Å². The Morgan fingerprint density at radius 2 is 2.00 bits per heavy atom. The van der Waals surface area contributed by atoms with Crippen LogP contribution in [0.2, 0.25) is 5.02 Å². The fourth-order valence-electron chi connectivity index (χ4n) is 2.83. The van der Waals surface area contributed by atoms with Gasteiger partial charge in [0.2, 0.25) is 0 Å². The minimum absolute atomic E-state index is 0.0314. The summed E-state index contributed by atoms with van der Waals surface area (Å²) in [5.74, 6) is 3.91. The van der Waals surface area contributed by atoms with Crippen molar-refractivity contribution in [2.75, 3.05) is 19.0 Å². The molecule has 1 aromatic heterocycles. The van der Waals surface area contributed by atoms with E-state index in [4.69, 9.17) is 27.5 Å². The topological polar surface area (TPSA) is 56.3 Å². The van der Waals surface area contributed by atoms with Crippen molar-refractivity contribution in [2.24, 2.45) is 0 Å². The van der Waals surface area contributed by atoms with E-state index >= 15 is 0 Å². The second kappa shape index (κ2) is 9.94. The molecule has 7 heteroatoms. The van der Waals surface area contributed by atoms with Crippen molar-refractivity contribution >= 4 is 34.0 Å². The summed E-state index contributed by atoms with van der Waals surface area (Å²) in [6, 6.07) is 8.02. The number of nitrogens with zero attached hydrogens (tertiary/aromatic N) is 2. The van der Waals surface area contributed by atoms with E-state index in [2.05, 4.69) is 21.2 Å². The van der Waals surface area contributed by atoms with E-state index in [1.807, 2.05) is 6.07 Å². The molecule has 1 heterocycles. The van der Waals surface area contributed by atoms with Crippen LogP contribution in [-0.2, 0) is 0 Å². The van der Waals surface area contributed by atoms with E-state index < -0.39 is 5.82 Å². The van der Waals surface area contributed by atoms with Crippen LogP contribution < -0.4 is 14.8 Å². The molecule has 0 amide bonds. The molecule has 0 unspecified atom stereocenters. The van der Waals surface area contributed by atoms with Crippen molar-refractivity contribution in [1.29, 1.82) is 0 Å². The smallest absolute Gasteiger partial charge is 0.162 e. The maximum absolute atomic E-state index is 13.4. The van der Waals surface area contributed by atoms with Gasteiger partial charge in [0.05, 0.1) is 24.3 Å². The molecule has 0 atom stereocenters. The van der Waals surface area contributed by atoms with E-state index in [9.17, 15) is 4.39 Å². The normalized spacial score (nSPS) is 10.6. The lowest BCUT2D eigenvalue weighted by Gasteiger charge is -2.14. The number of unbranched alkanes of at least 4 members (excludes halogenated alkanes) is 3. The van der Waals surface area contributed by atoms with Crippen molar-refractivity contribution < 1.29 is 13.9 Å². The molecule has 0 bridgehead atoms. The van der Waals surface area contributed by atoms with E-state index in [1.165, 1.54) is 18.5 Å². The third-order valence-electron chi connectivity index (χ3n) is 4.33. The molecule has 0 aliphatic carbocycles. The Hall–Kier alpha value is -3.04. The van der Waals surface area contributed by atoms with Crippen LogP contribution in [0.25, 0.3) is 10.9 Å². The lowest BCUT2D eigenvalue weighted by atomic mass is 10.2. The van der Waals surface area contributed by atoms with Gasteiger partial charge in [-0.15, -0.1) is 12.3 Å². The van der Waals surface area contributed by atoms with Gasteiger partial charge in [0.25, 0.3) is 0 Å². The number of methoxy groups -OCH3 is 1. The van der Waals surface area contributed by atoms with Gasteiger partial charge < -0.3 is 14.8 Å². The first-order valence-corrected chi connectivity index (χ1v) is 9.61. The minimum Gasteiger partial charge on any atom is -0.493 e. The quantitative estimate of drug-likeness (QED) is 0.357. The van der Waals surface area contributed by atoms with Crippen LogP contribution in [0.1, 0.15) is 25.7 Å². The standard InChI is InChI=1S/C22H21ClFN3O2/c1-3-4-5-6-7-10-29-21-12-16-19(13-20(21)28-2)25-14-26-22(16)27-15-8-9-18(24)17(23)11-15/h1,8-9,11-14H,4-7,10H2,2H3,(H,25,26,27). The van der Waals surface area contributed by atoms with E-state index in [0.717, 1.165) is 31.1 Å². The van der Waals surface area contributed by atoms with Crippen molar-refractivity contribution in [3.05, 3.63) is 47.5 Å². The molecular formula is C22H21ClFN3O2. The third-order valence-corrected chi connectivity index (χ3v) is 4.62. The predicted octanol–water partition coefficient (Wildman–Crippen LogP) is 5.75. The molecule has 0 aliphatic rings. The number of halogens is 2. The first-order chi connectivity index (χ1) is 14.1. The number of hydrogen-bond acceptors (Lipinski definition) is 5. The average molecular weight is 414 g/mol. The maximum atomic E-state index is 13.4. The number of rotatable bonds is 9. The van der Waals surface area contributed by atoms with Crippen molar-refractivity contribution in [2.45, 2.75) is 25.7 Å². The second-order valence-corrected chi connectivity index (χ2v) is 6.77. The summed E-state index contributed by atoms with van der Waals surface area (Å²) in [6.07, 6.45) is 10.4. The van der Waals surface area contributed by atoms with Crippen LogP contribution in [0.5, 0.6) is 11.5 Å². The number of nitrogens with one attached hydrogen (secondary N) is 1. The number of ether oxygens (including phenoxy) is 2. The number of aromatic nitrogens is 2. The fraction of sp³-hybridized carbons (Fsp3) is 0.273. The van der Waals surface area contributed by atoms with Gasteiger partial charge in [-0.1, -0.05) is 11.6 Å². The zero-order chi connectivity index (χ0) is 20.6. The van der Waals surface area contributed by atoms with Crippen molar-refractivity contribution in [3.8, 4) is 23.8 Å². The van der Waals surface area contributed by atoms with Gasteiger partial charge >= 0.3 is 0 Å². The highest BCUT2D eigenvalue weighted by molar-refractivity contribution is 6.31. The molecular weight excluding hydrogens is 393 g/mol. The first kappa shape index (κ1) is 20.7. The van der Waals surface area contributed by atoms with Gasteiger partial charge in [-0.3, -0.25) is 0 Å². The maximum Gasteiger partial charge on any atom is 0.162 e. The van der Waals surface area contributed by atoms with Crippen LogP contribution in [0.4, 0.5) is 15.9 Å². The minimum atomic E-state index is -0.479. The Bertz CT molecular complexity index is 1040. The van der Waals surface area contributed by atoms with Crippen LogP contribution in [0, 0.1) is 18.2 Å². The number of anilines is 2. The van der Waals surface area contributed by atoms with Crippen LogP contribution in [0.15, 0.2) is 36.7 Å². The first-order valence-electron chi connectivity index (χ1n) is 9.23. The summed E-state index contributed by atoms with van der Waals surface area (Å²) in [5.41, 5.74) is 1.30. The summed E-state index contributed by atoms with van der Waals surface area (Å²) in [7, 11) is 1.59.